The minimum atomic E-state index is -1.53. The highest BCUT2D eigenvalue weighted by atomic mass is 19.2. The van der Waals surface area contributed by atoms with Crippen LogP contribution in [0, 0.1) is 30.3 Å². The number of carbonyl (C=O) groups excluding carboxylic acids is 1. The SMILES string of the molecule is COc1ccccc1N1CCN(CCN(C(=O)C2CCCCC2)c2c(C)cc(F)c(F)c2F)CC1. The number of nitrogens with zero attached hydrogens (tertiary/aromatic N) is 3. The molecule has 0 aromatic heterocycles. The number of halogens is 3. The molecule has 2 aliphatic rings. The topological polar surface area (TPSA) is 36.0 Å². The zero-order valence-electron chi connectivity index (χ0n) is 20.5. The summed E-state index contributed by atoms with van der Waals surface area (Å²) >= 11 is 0. The number of anilines is 2. The van der Waals surface area contributed by atoms with E-state index in [-0.39, 0.29) is 29.6 Å². The van der Waals surface area contributed by atoms with Crippen molar-refractivity contribution in [2.24, 2.45) is 5.92 Å². The predicted octanol–water partition coefficient (Wildman–Crippen LogP) is 5.16. The van der Waals surface area contributed by atoms with Crippen molar-refractivity contribution in [2.75, 3.05) is 56.2 Å². The Kier molecular flexibility index (Phi) is 8.21. The lowest BCUT2D eigenvalue weighted by Gasteiger charge is -2.38. The molecule has 0 atom stereocenters. The van der Waals surface area contributed by atoms with Gasteiger partial charge < -0.3 is 14.5 Å². The van der Waals surface area contributed by atoms with Gasteiger partial charge in [0.25, 0.3) is 0 Å². The van der Waals surface area contributed by atoms with Gasteiger partial charge in [0.15, 0.2) is 17.5 Å². The Bertz CT molecular complexity index is 1030. The van der Waals surface area contributed by atoms with Crippen molar-refractivity contribution in [2.45, 2.75) is 39.0 Å². The summed E-state index contributed by atoms with van der Waals surface area (Å²) in [4.78, 5) is 19.3. The number of para-hydroxylation sites is 2. The van der Waals surface area contributed by atoms with E-state index in [4.69, 9.17) is 4.74 Å². The Morgan fingerprint density at radius 1 is 1.03 bits per heavy atom. The highest BCUT2D eigenvalue weighted by Crippen LogP contribution is 2.33. The molecule has 0 unspecified atom stereocenters. The first-order chi connectivity index (χ1) is 16.9. The van der Waals surface area contributed by atoms with E-state index in [0.29, 0.717) is 6.54 Å². The van der Waals surface area contributed by atoms with Crippen LogP contribution in [-0.2, 0) is 4.79 Å². The third kappa shape index (κ3) is 5.58. The fourth-order valence-corrected chi connectivity index (χ4v) is 5.28. The van der Waals surface area contributed by atoms with Gasteiger partial charge in [0, 0.05) is 45.2 Å². The molecule has 1 amide bonds. The van der Waals surface area contributed by atoms with E-state index in [0.717, 1.165) is 75.8 Å². The van der Waals surface area contributed by atoms with Gasteiger partial charge in [-0.1, -0.05) is 31.4 Å². The average molecular weight is 490 g/mol. The molecule has 2 aromatic carbocycles. The molecular formula is C27H34F3N3O2. The molecule has 8 heteroatoms. The first kappa shape index (κ1) is 25.4. The normalized spacial score (nSPS) is 17.5. The fraction of sp³-hybridized carbons (Fsp3) is 0.519. The van der Waals surface area contributed by atoms with Crippen LogP contribution in [0.25, 0.3) is 0 Å². The second kappa shape index (κ2) is 11.3. The van der Waals surface area contributed by atoms with E-state index < -0.39 is 17.5 Å². The maximum atomic E-state index is 14.9. The molecule has 0 N–H and O–H groups in total. The first-order valence-electron chi connectivity index (χ1n) is 12.5. The Labute approximate surface area is 205 Å². The van der Waals surface area contributed by atoms with E-state index in [2.05, 4.69) is 9.80 Å². The Morgan fingerprint density at radius 2 is 1.71 bits per heavy atom. The molecule has 2 fully saturated rings. The molecule has 35 heavy (non-hydrogen) atoms. The van der Waals surface area contributed by atoms with Gasteiger partial charge in [0.05, 0.1) is 18.5 Å². The van der Waals surface area contributed by atoms with Crippen molar-refractivity contribution in [3.8, 4) is 5.75 Å². The van der Waals surface area contributed by atoms with E-state index >= 15 is 0 Å². The van der Waals surface area contributed by atoms with Crippen LogP contribution in [0.1, 0.15) is 37.7 Å². The van der Waals surface area contributed by atoms with Crippen molar-refractivity contribution < 1.29 is 22.7 Å². The number of carbonyl (C=O) groups is 1. The fourth-order valence-electron chi connectivity index (χ4n) is 5.28. The summed E-state index contributed by atoms with van der Waals surface area (Å²) in [6.07, 6.45) is 4.48. The van der Waals surface area contributed by atoms with Crippen LogP contribution < -0.4 is 14.5 Å². The summed E-state index contributed by atoms with van der Waals surface area (Å²) in [6.45, 7) is 5.38. The summed E-state index contributed by atoms with van der Waals surface area (Å²) in [5.74, 6) is -3.62. The monoisotopic (exact) mass is 489 g/mol. The van der Waals surface area contributed by atoms with Gasteiger partial charge in [-0.05, 0) is 43.5 Å². The van der Waals surface area contributed by atoms with Crippen LogP contribution in [0.2, 0.25) is 0 Å². The molecule has 0 bridgehead atoms. The third-order valence-corrected chi connectivity index (χ3v) is 7.26. The lowest BCUT2D eigenvalue weighted by atomic mass is 9.88. The lowest BCUT2D eigenvalue weighted by molar-refractivity contribution is -0.123. The smallest absolute Gasteiger partial charge is 0.230 e. The summed E-state index contributed by atoms with van der Waals surface area (Å²) < 4.78 is 48.4. The number of piperazine rings is 1. The van der Waals surface area contributed by atoms with Crippen LogP contribution in [0.3, 0.4) is 0 Å². The van der Waals surface area contributed by atoms with E-state index in [1.54, 1.807) is 7.11 Å². The molecule has 1 aliphatic heterocycles. The summed E-state index contributed by atoms with van der Waals surface area (Å²) in [5.41, 5.74) is 1.14. The Balaban J connectivity index is 1.48. The Hall–Kier alpha value is -2.74. The third-order valence-electron chi connectivity index (χ3n) is 7.26. The van der Waals surface area contributed by atoms with Crippen LogP contribution >= 0.6 is 0 Å². The van der Waals surface area contributed by atoms with Crippen molar-refractivity contribution >= 4 is 17.3 Å². The number of rotatable bonds is 7. The number of hydrogen-bond donors (Lipinski definition) is 0. The lowest BCUT2D eigenvalue weighted by Crippen LogP contribution is -2.50. The molecule has 5 nitrogen and oxygen atoms in total. The minimum absolute atomic E-state index is 0.132. The molecule has 0 spiro atoms. The molecule has 1 aliphatic carbocycles. The molecule has 4 rings (SSSR count). The van der Waals surface area contributed by atoms with Crippen LogP contribution in [0.4, 0.5) is 24.5 Å². The van der Waals surface area contributed by atoms with Crippen molar-refractivity contribution in [3.63, 3.8) is 0 Å². The van der Waals surface area contributed by atoms with Crippen molar-refractivity contribution in [1.82, 2.24) is 4.90 Å². The molecule has 0 radical (unpaired) electrons. The summed E-state index contributed by atoms with van der Waals surface area (Å²) in [5, 5.41) is 0. The number of hydrogen-bond acceptors (Lipinski definition) is 4. The number of ether oxygens (including phenoxy) is 1. The minimum Gasteiger partial charge on any atom is -0.495 e. The molecule has 2 aromatic rings. The van der Waals surface area contributed by atoms with Gasteiger partial charge in [-0.2, -0.15) is 0 Å². The van der Waals surface area contributed by atoms with Gasteiger partial charge in [0.1, 0.15) is 5.75 Å². The molecular weight excluding hydrogens is 455 g/mol. The van der Waals surface area contributed by atoms with Gasteiger partial charge in [-0.25, -0.2) is 13.2 Å². The maximum absolute atomic E-state index is 14.9. The second-order valence-corrected chi connectivity index (χ2v) is 9.48. The first-order valence-corrected chi connectivity index (χ1v) is 12.5. The molecule has 190 valence electrons. The predicted molar refractivity (Wildman–Crippen MR) is 132 cm³/mol. The molecule has 1 saturated heterocycles. The highest BCUT2D eigenvalue weighted by Gasteiger charge is 2.32. The van der Waals surface area contributed by atoms with Crippen LogP contribution in [0.5, 0.6) is 5.75 Å². The quantitative estimate of drug-likeness (QED) is 0.504. The number of aryl methyl sites for hydroxylation is 1. The standard InChI is InChI=1S/C27H34F3N3O2/c1-19-18-21(28)24(29)25(30)26(19)33(27(34)20-8-4-3-5-9-20)17-14-31-12-15-32(16-13-31)22-10-6-7-11-23(22)35-2/h6-7,10-11,18,20H,3-5,8-9,12-17H2,1-2H3. The van der Waals surface area contributed by atoms with E-state index in [1.165, 1.54) is 11.8 Å². The van der Waals surface area contributed by atoms with Gasteiger partial charge >= 0.3 is 0 Å². The van der Waals surface area contributed by atoms with Crippen molar-refractivity contribution in [3.05, 3.63) is 53.3 Å². The van der Waals surface area contributed by atoms with Gasteiger partial charge in [-0.15, -0.1) is 0 Å². The number of methoxy groups -OCH3 is 1. The van der Waals surface area contributed by atoms with Crippen LogP contribution in [-0.4, -0.2) is 57.2 Å². The number of amides is 1. The Morgan fingerprint density at radius 3 is 2.40 bits per heavy atom. The van der Waals surface area contributed by atoms with Gasteiger partial charge in [0.2, 0.25) is 5.91 Å². The van der Waals surface area contributed by atoms with Crippen LogP contribution in [0.15, 0.2) is 30.3 Å². The van der Waals surface area contributed by atoms with E-state index in [1.807, 2.05) is 24.3 Å². The molecule has 1 heterocycles. The zero-order valence-corrected chi connectivity index (χ0v) is 20.5. The maximum Gasteiger partial charge on any atom is 0.230 e. The molecule has 1 saturated carbocycles. The highest BCUT2D eigenvalue weighted by molar-refractivity contribution is 5.96. The van der Waals surface area contributed by atoms with Gasteiger partial charge in [-0.3, -0.25) is 9.69 Å². The summed E-state index contributed by atoms with van der Waals surface area (Å²) in [7, 11) is 1.66. The second-order valence-electron chi connectivity index (χ2n) is 9.48. The zero-order chi connectivity index (χ0) is 24.9. The largest absolute Gasteiger partial charge is 0.495 e. The van der Waals surface area contributed by atoms with E-state index in [9.17, 15) is 18.0 Å². The number of benzene rings is 2. The average Bonchev–Trinajstić information content (AvgIpc) is 2.89. The summed E-state index contributed by atoms with van der Waals surface area (Å²) in [6, 6.07) is 8.87. The van der Waals surface area contributed by atoms with Crippen molar-refractivity contribution in [1.29, 1.82) is 0 Å².